The maximum absolute atomic E-state index is 5.71. The number of nitrogens with two attached hydrogens (primary N) is 1. The van der Waals surface area contributed by atoms with Crippen molar-refractivity contribution >= 4 is 0 Å². The van der Waals surface area contributed by atoms with E-state index in [0.717, 1.165) is 13.0 Å². The van der Waals surface area contributed by atoms with Crippen LogP contribution in [-0.4, -0.2) is 19.8 Å². The Morgan fingerprint density at radius 3 is 2.08 bits per heavy atom. The SMILES string of the molecule is COC(C)CC(CN)C(C)(C)C. The molecule has 0 aromatic rings. The second kappa shape index (κ2) is 4.83. The molecule has 12 heavy (non-hydrogen) atoms. The summed E-state index contributed by atoms with van der Waals surface area (Å²) in [6.07, 6.45) is 1.37. The highest BCUT2D eigenvalue weighted by atomic mass is 16.5. The first kappa shape index (κ1) is 11.9. The highest BCUT2D eigenvalue weighted by Crippen LogP contribution is 2.29. The van der Waals surface area contributed by atoms with Crippen LogP contribution in [0.1, 0.15) is 34.1 Å². The summed E-state index contributed by atoms with van der Waals surface area (Å²) in [5, 5.41) is 0. The van der Waals surface area contributed by atoms with Crippen LogP contribution in [-0.2, 0) is 4.74 Å². The fourth-order valence-electron chi connectivity index (χ4n) is 1.30. The van der Waals surface area contributed by atoms with E-state index in [-0.39, 0.29) is 0 Å². The summed E-state index contributed by atoms with van der Waals surface area (Å²) in [6.45, 7) is 9.53. The molecule has 0 aliphatic carbocycles. The van der Waals surface area contributed by atoms with Crippen LogP contribution in [0.15, 0.2) is 0 Å². The van der Waals surface area contributed by atoms with Gasteiger partial charge in [0.25, 0.3) is 0 Å². The van der Waals surface area contributed by atoms with Gasteiger partial charge in [-0.2, -0.15) is 0 Å². The molecule has 2 atom stereocenters. The van der Waals surface area contributed by atoms with Crippen LogP contribution in [0.4, 0.5) is 0 Å². The highest BCUT2D eigenvalue weighted by molar-refractivity contribution is 4.76. The number of hydrogen-bond acceptors (Lipinski definition) is 2. The maximum atomic E-state index is 5.71. The summed E-state index contributed by atoms with van der Waals surface area (Å²) >= 11 is 0. The Bertz CT molecular complexity index is 117. The fraction of sp³-hybridized carbons (Fsp3) is 1.00. The smallest absolute Gasteiger partial charge is 0.0546 e. The molecule has 74 valence electrons. The Labute approximate surface area is 76.5 Å². The lowest BCUT2D eigenvalue weighted by molar-refractivity contribution is 0.0725. The molecule has 0 aliphatic heterocycles. The number of hydrogen-bond donors (Lipinski definition) is 1. The summed E-state index contributed by atoms with van der Waals surface area (Å²) < 4.78 is 5.22. The van der Waals surface area contributed by atoms with Crippen molar-refractivity contribution in [2.75, 3.05) is 13.7 Å². The van der Waals surface area contributed by atoms with Crippen molar-refractivity contribution in [2.24, 2.45) is 17.1 Å². The van der Waals surface area contributed by atoms with Gasteiger partial charge in [0.2, 0.25) is 0 Å². The Hall–Kier alpha value is -0.0800. The van der Waals surface area contributed by atoms with E-state index in [1.54, 1.807) is 7.11 Å². The molecule has 0 saturated carbocycles. The van der Waals surface area contributed by atoms with E-state index in [4.69, 9.17) is 10.5 Å². The van der Waals surface area contributed by atoms with Gasteiger partial charge in [0, 0.05) is 7.11 Å². The average molecular weight is 173 g/mol. The minimum Gasteiger partial charge on any atom is -0.382 e. The zero-order valence-corrected chi connectivity index (χ0v) is 9.05. The average Bonchev–Trinajstić information content (AvgIpc) is 1.97. The topological polar surface area (TPSA) is 35.2 Å². The zero-order valence-electron chi connectivity index (χ0n) is 9.05. The third-order valence-corrected chi connectivity index (χ3v) is 2.53. The Morgan fingerprint density at radius 2 is 1.83 bits per heavy atom. The van der Waals surface area contributed by atoms with Crippen LogP contribution in [0.5, 0.6) is 0 Å². The molecule has 0 fully saturated rings. The van der Waals surface area contributed by atoms with Crippen molar-refractivity contribution in [2.45, 2.75) is 40.2 Å². The van der Waals surface area contributed by atoms with Gasteiger partial charge in [-0.25, -0.2) is 0 Å². The van der Waals surface area contributed by atoms with Crippen molar-refractivity contribution in [3.05, 3.63) is 0 Å². The Kier molecular flexibility index (Phi) is 4.80. The molecule has 0 heterocycles. The number of methoxy groups -OCH3 is 1. The predicted molar refractivity (Wildman–Crippen MR) is 53.1 cm³/mol. The molecular weight excluding hydrogens is 150 g/mol. The quantitative estimate of drug-likeness (QED) is 0.706. The van der Waals surface area contributed by atoms with E-state index >= 15 is 0 Å². The van der Waals surface area contributed by atoms with E-state index in [1.807, 2.05) is 0 Å². The first-order chi connectivity index (χ1) is 5.41. The van der Waals surface area contributed by atoms with Crippen molar-refractivity contribution in [3.63, 3.8) is 0 Å². The summed E-state index contributed by atoms with van der Waals surface area (Å²) in [4.78, 5) is 0. The second-order valence-corrected chi connectivity index (χ2v) is 4.58. The fourth-order valence-corrected chi connectivity index (χ4v) is 1.30. The van der Waals surface area contributed by atoms with Crippen LogP contribution < -0.4 is 5.73 Å². The lowest BCUT2D eigenvalue weighted by Crippen LogP contribution is -2.31. The van der Waals surface area contributed by atoms with Crippen LogP contribution in [0.2, 0.25) is 0 Å². The lowest BCUT2D eigenvalue weighted by atomic mass is 9.78. The molecule has 2 unspecified atom stereocenters. The van der Waals surface area contributed by atoms with Crippen molar-refractivity contribution in [1.82, 2.24) is 0 Å². The maximum Gasteiger partial charge on any atom is 0.0546 e. The van der Waals surface area contributed by atoms with E-state index < -0.39 is 0 Å². The predicted octanol–water partition coefficient (Wildman–Crippen LogP) is 2.03. The molecule has 0 bridgehead atoms. The van der Waals surface area contributed by atoms with Gasteiger partial charge in [-0.15, -0.1) is 0 Å². The van der Waals surface area contributed by atoms with Crippen LogP contribution >= 0.6 is 0 Å². The van der Waals surface area contributed by atoms with Gasteiger partial charge < -0.3 is 10.5 Å². The molecule has 0 radical (unpaired) electrons. The molecule has 2 heteroatoms. The first-order valence-electron chi connectivity index (χ1n) is 4.64. The third kappa shape index (κ3) is 4.07. The van der Waals surface area contributed by atoms with Crippen molar-refractivity contribution in [3.8, 4) is 0 Å². The summed E-state index contributed by atoms with van der Waals surface area (Å²) in [5.41, 5.74) is 6.00. The summed E-state index contributed by atoms with van der Waals surface area (Å²) in [5.74, 6) is 0.549. The largest absolute Gasteiger partial charge is 0.382 e. The standard InChI is InChI=1S/C10H23NO/c1-8(12-5)6-9(7-11)10(2,3)4/h8-9H,6-7,11H2,1-5H3. The molecule has 0 spiro atoms. The van der Waals surface area contributed by atoms with Crippen LogP contribution in [0.25, 0.3) is 0 Å². The minimum absolute atomic E-state index is 0.293. The van der Waals surface area contributed by atoms with Crippen molar-refractivity contribution in [1.29, 1.82) is 0 Å². The molecular formula is C10H23NO. The van der Waals surface area contributed by atoms with E-state index in [0.29, 0.717) is 17.4 Å². The normalized spacial score (nSPS) is 17.5. The number of ether oxygens (including phenoxy) is 1. The second-order valence-electron chi connectivity index (χ2n) is 4.58. The molecule has 2 N–H and O–H groups in total. The molecule has 0 amide bonds. The Morgan fingerprint density at radius 1 is 1.33 bits per heavy atom. The van der Waals surface area contributed by atoms with E-state index in [1.165, 1.54) is 0 Å². The highest BCUT2D eigenvalue weighted by Gasteiger charge is 2.24. The monoisotopic (exact) mass is 173 g/mol. The van der Waals surface area contributed by atoms with Gasteiger partial charge in [0.1, 0.15) is 0 Å². The lowest BCUT2D eigenvalue weighted by Gasteiger charge is -2.31. The van der Waals surface area contributed by atoms with E-state index in [2.05, 4.69) is 27.7 Å². The molecule has 0 rings (SSSR count). The summed E-state index contributed by atoms with van der Waals surface area (Å²) in [7, 11) is 1.75. The minimum atomic E-state index is 0.293. The third-order valence-electron chi connectivity index (χ3n) is 2.53. The van der Waals surface area contributed by atoms with Gasteiger partial charge in [0.05, 0.1) is 6.10 Å². The molecule has 0 saturated heterocycles. The first-order valence-corrected chi connectivity index (χ1v) is 4.64. The molecule has 0 aliphatic rings. The van der Waals surface area contributed by atoms with Crippen LogP contribution in [0.3, 0.4) is 0 Å². The zero-order chi connectivity index (χ0) is 9.78. The van der Waals surface area contributed by atoms with Gasteiger partial charge in [-0.1, -0.05) is 20.8 Å². The van der Waals surface area contributed by atoms with Gasteiger partial charge in [0.15, 0.2) is 0 Å². The van der Waals surface area contributed by atoms with E-state index in [9.17, 15) is 0 Å². The van der Waals surface area contributed by atoms with Gasteiger partial charge in [-0.3, -0.25) is 0 Å². The molecule has 0 aromatic heterocycles. The van der Waals surface area contributed by atoms with Crippen molar-refractivity contribution < 1.29 is 4.74 Å². The van der Waals surface area contributed by atoms with Crippen LogP contribution in [0, 0.1) is 11.3 Å². The summed E-state index contributed by atoms with van der Waals surface area (Å²) in [6, 6.07) is 0. The van der Waals surface area contributed by atoms with Gasteiger partial charge in [-0.05, 0) is 31.2 Å². The Balaban J connectivity index is 4.00. The van der Waals surface area contributed by atoms with Gasteiger partial charge >= 0.3 is 0 Å². The molecule has 2 nitrogen and oxygen atoms in total. The number of rotatable bonds is 4. The molecule has 0 aromatic carbocycles.